The maximum atomic E-state index is 6.01. The van der Waals surface area contributed by atoms with Crippen molar-refractivity contribution in [3.8, 4) is 0 Å². The Morgan fingerprint density at radius 1 is 1.13 bits per heavy atom. The van der Waals surface area contributed by atoms with Gasteiger partial charge in [-0.3, -0.25) is 4.99 Å². The summed E-state index contributed by atoms with van der Waals surface area (Å²) >= 11 is 1.99. The number of halogens is 1. The zero-order chi connectivity index (χ0) is 15.6. The van der Waals surface area contributed by atoms with Gasteiger partial charge >= 0.3 is 0 Å². The van der Waals surface area contributed by atoms with Crippen LogP contribution < -0.4 is 10.6 Å². The topological polar surface area (TPSA) is 45.7 Å². The fourth-order valence-electron chi connectivity index (χ4n) is 3.48. The Balaban J connectivity index is 0.00000264. The number of ether oxygens (including phenoxy) is 1. The van der Waals surface area contributed by atoms with Gasteiger partial charge in [-0.15, -0.1) is 24.0 Å². The first-order chi connectivity index (χ1) is 10.8. The molecule has 2 rings (SSSR count). The molecule has 23 heavy (non-hydrogen) atoms. The molecule has 2 atom stereocenters. The Kier molecular flexibility index (Phi) is 11.7. The third kappa shape index (κ3) is 8.29. The Hall–Kier alpha value is 0.310. The number of thioether (sulfide) groups is 1. The molecule has 2 N–H and O–H groups in total. The van der Waals surface area contributed by atoms with Crippen LogP contribution >= 0.6 is 35.7 Å². The van der Waals surface area contributed by atoms with E-state index in [0.717, 1.165) is 24.4 Å². The molecule has 2 unspecified atom stereocenters. The van der Waals surface area contributed by atoms with E-state index in [1.54, 1.807) is 0 Å². The lowest BCUT2D eigenvalue weighted by atomic mass is 10.1. The molecule has 2 fully saturated rings. The van der Waals surface area contributed by atoms with Crippen LogP contribution in [0.25, 0.3) is 0 Å². The first kappa shape index (κ1) is 21.4. The molecule has 0 heterocycles. The van der Waals surface area contributed by atoms with E-state index < -0.39 is 0 Å². The van der Waals surface area contributed by atoms with E-state index in [2.05, 4.69) is 21.9 Å². The van der Waals surface area contributed by atoms with Gasteiger partial charge in [-0.05, 0) is 38.4 Å². The number of hydrogen-bond donors (Lipinski definition) is 2. The number of nitrogens with zero attached hydrogens (tertiary/aromatic N) is 1. The van der Waals surface area contributed by atoms with Crippen LogP contribution in [0.15, 0.2) is 4.99 Å². The second-order valence-electron chi connectivity index (χ2n) is 6.50. The summed E-state index contributed by atoms with van der Waals surface area (Å²) in [5.41, 5.74) is 0. The third-order valence-corrected chi connectivity index (χ3v) is 5.93. The fourth-order valence-corrected chi connectivity index (χ4v) is 4.27. The summed E-state index contributed by atoms with van der Waals surface area (Å²) in [4.78, 5) is 4.33. The standard InChI is InChI=1S/C17H33N3OS.HI/c1-18-17(20-14-9-10-16(13-14)22-2)19-11-12-21-15-7-5-3-4-6-8-15;/h14-16H,3-13H2,1-2H3,(H2,18,19,20);1H. The molecule has 0 aromatic rings. The van der Waals surface area contributed by atoms with Crippen LogP contribution in [0, 0.1) is 0 Å². The molecule has 136 valence electrons. The van der Waals surface area contributed by atoms with Crippen LogP contribution in [0.1, 0.15) is 57.8 Å². The van der Waals surface area contributed by atoms with Crippen molar-refractivity contribution in [2.45, 2.75) is 75.2 Å². The number of nitrogens with one attached hydrogen (secondary N) is 2. The second kappa shape index (κ2) is 12.6. The zero-order valence-electron chi connectivity index (χ0n) is 14.7. The van der Waals surface area contributed by atoms with E-state index in [1.807, 2.05) is 18.8 Å². The van der Waals surface area contributed by atoms with E-state index >= 15 is 0 Å². The second-order valence-corrected chi connectivity index (χ2v) is 7.63. The summed E-state index contributed by atoms with van der Waals surface area (Å²) in [5.74, 6) is 0.927. The molecule has 2 saturated carbocycles. The van der Waals surface area contributed by atoms with E-state index in [4.69, 9.17) is 4.74 Å². The van der Waals surface area contributed by atoms with Crippen molar-refractivity contribution < 1.29 is 4.74 Å². The summed E-state index contributed by atoms with van der Waals surface area (Å²) in [6.45, 7) is 1.62. The van der Waals surface area contributed by atoms with Crippen LogP contribution in [-0.4, -0.2) is 49.8 Å². The van der Waals surface area contributed by atoms with Crippen LogP contribution in [0.3, 0.4) is 0 Å². The van der Waals surface area contributed by atoms with Gasteiger partial charge in [-0.25, -0.2) is 0 Å². The molecule has 0 saturated heterocycles. The molecule has 0 radical (unpaired) electrons. The Labute approximate surface area is 163 Å². The molecule has 2 aliphatic carbocycles. The average Bonchev–Trinajstić information content (AvgIpc) is 2.84. The van der Waals surface area contributed by atoms with Crippen LogP contribution in [0.4, 0.5) is 0 Å². The van der Waals surface area contributed by atoms with Gasteiger partial charge < -0.3 is 15.4 Å². The maximum Gasteiger partial charge on any atom is 0.191 e. The molecule has 4 nitrogen and oxygen atoms in total. The maximum absolute atomic E-state index is 6.01. The highest BCUT2D eigenvalue weighted by atomic mass is 127. The van der Waals surface area contributed by atoms with Crippen molar-refractivity contribution >= 4 is 41.7 Å². The molecule has 0 bridgehead atoms. The number of hydrogen-bond acceptors (Lipinski definition) is 3. The van der Waals surface area contributed by atoms with Gasteiger partial charge in [0, 0.05) is 24.9 Å². The van der Waals surface area contributed by atoms with E-state index in [9.17, 15) is 0 Å². The minimum absolute atomic E-state index is 0. The van der Waals surface area contributed by atoms with Crippen LogP contribution in [0.2, 0.25) is 0 Å². The first-order valence-corrected chi connectivity index (χ1v) is 10.2. The first-order valence-electron chi connectivity index (χ1n) is 8.93. The van der Waals surface area contributed by atoms with E-state index in [0.29, 0.717) is 12.1 Å². The Bertz CT molecular complexity index is 336. The van der Waals surface area contributed by atoms with Crippen LogP contribution in [0.5, 0.6) is 0 Å². The van der Waals surface area contributed by atoms with Gasteiger partial charge in [0.2, 0.25) is 0 Å². The van der Waals surface area contributed by atoms with Gasteiger partial charge in [-0.1, -0.05) is 25.7 Å². The quantitative estimate of drug-likeness (QED) is 0.210. The fraction of sp³-hybridized carbons (Fsp3) is 0.941. The summed E-state index contributed by atoms with van der Waals surface area (Å²) in [6.07, 6.45) is 14.4. The van der Waals surface area contributed by atoms with E-state index in [-0.39, 0.29) is 24.0 Å². The number of guanidine groups is 1. The number of rotatable bonds is 6. The summed E-state index contributed by atoms with van der Waals surface area (Å²) in [5, 5.41) is 7.75. The smallest absolute Gasteiger partial charge is 0.191 e. The monoisotopic (exact) mass is 455 g/mol. The van der Waals surface area contributed by atoms with Gasteiger partial charge in [0.1, 0.15) is 0 Å². The molecular formula is C17H34IN3OS. The predicted molar refractivity (Wildman–Crippen MR) is 112 cm³/mol. The van der Waals surface area contributed by atoms with Gasteiger partial charge in [0.05, 0.1) is 12.7 Å². The summed E-state index contributed by atoms with van der Waals surface area (Å²) in [6, 6.07) is 0.575. The van der Waals surface area contributed by atoms with Crippen molar-refractivity contribution in [2.75, 3.05) is 26.5 Å². The van der Waals surface area contributed by atoms with Crippen molar-refractivity contribution in [2.24, 2.45) is 4.99 Å². The highest BCUT2D eigenvalue weighted by molar-refractivity contribution is 14.0. The SMILES string of the molecule is CN=C(NCCOC1CCCCCC1)NC1CCC(SC)C1.I. The van der Waals surface area contributed by atoms with Crippen molar-refractivity contribution in [3.63, 3.8) is 0 Å². The lowest BCUT2D eigenvalue weighted by molar-refractivity contribution is 0.0468. The van der Waals surface area contributed by atoms with E-state index in [1.165, 1.54) is 57.8 Å². The summed E-state index contributed by atoms with van der Waals surface area (Å²) in [7, 11) is 1.85. The minimum Gasteiger partial charge on any atom is -0.376 e. The predicted octanol–water partition coefficient (Wildman–Crippen LogP) is 3.79. The summed E-state index contributed by atoms with van der Waals surface area (Å²) < 4.78 is 6.01. The Morgan fingerprint density at radius 2 is 1.87 bits per heavy atom. The lowest BCUT2D eigenvalue weighted by Gasteiger charge is -2.19. The molecule has 2 aliphatic rings. The number of aliphatic imine (C=N–C) groups is 1. The highest BCUT2D eigenvalue weighted by Gasteiger charge is 2.24. The van der Waals surface area contributed by atoms with Gasteiger partial charge in [-0.2, -0.15) is 11.8 Å². The molecule has 0 spiro atoms. The largest absolute Gasteiger partial charge is 0.376 e. The average molecular weight is 455 g/mol. The van der Waals surface area contributed by atoms with Crippen molar-refractivity contribution in [1.29, 1.82) is 0 Å². The minimum atomic E-state index is 0. The van der Waals surface area contributed by atoms with Crippen LogP contribution in [-0.2, 0) is 4.74 Å². The normalized spacial score (nSPS) is 26.4. The highest BCUT2D eigenvalue weighted by Crippen LogP contribution is 2.28. The molecule has 0 amide bonds. The van der Waals surface area contributed by atoms with Gasteiger partial charge in [0.15, 0.2) is 5.96 Å². The molecule has 0 aliphatic heterocycles. The third-order valence-electron chi connectivity index (χ3n) is 4.83. The zero-order valence-corrected chi connectivity index (χ0v) is 17.8. The molecule has 6 heteroatoms. The van der Waals surface area contributed by atoms with Crippen molar-refractivity contribution in [1.82, 2.24) is 10.6 Å². The molecule has 0 aromatic carbocycles. The molecule has 0 aromatic heterocycles. The van der Waals surface area contributed by atoms with Crippen molar-refractivity contribution in [3.05, 3.63) is 0 Å². The Morgan fingerprint density at radius 3 is 2.48 bits per heavy atom. The molecular weight excluding hydrogens is 421 g/mol. The lowest BCUT2D eigenvalue weighted by Crippen LogP contribution is -2.43. The van der Waals surface area contributed by atoms with Gasteiger partial charge in [0.25, 0.3) is 0 Å².